The molecule has 8 nitrogen and oxygen atoms in total. The fourth-order valence-corrected chi connectivity index (χ4v) is 4.85. The number of carbonyl (C=O) groups excluding carboxylic acids is 1. The van der Waals surface area contributed by atoms with E-state index in [1.807, 2.05) is 19.2 Å². The molecule has 2 saturated heterocycles. The smallest absolute Gasteiger partial charge is 0.350 e. The Balaban J connectivity index is 1.45. The monoisotopic (exact) mass is 485 g/mol. The van der Waals surface area contributed by atoms with Crippen molar-refractivity contribution in [3.8, 4) is 0 Å². The number of nitrogens with zero attached hydrogens (tertiary/aromatic N) is 7. The fourth-order valence-electron chi connectivity index (χ4n) is 4.85. The van der Waals surface area contributed by atoms with Crippen LogP contribution in [0.25, 0.3) is 5.65 Å². The largest absolute Gasteiger partial charge is 0.433 e. The second-order valence-electron chi connectivity index (χ2n) is 9.00. The van der Waals surface area contributed by atoms with Crippen molar-refractivity contribution >= 4 is 23.1 Å². The maximum atomic E-state index is 13.2. The van der Waals surface area contributed by atoms with E-state index in [0.717, 1.165) is 55.5 Å². The van der Waals surface area contributed by atoms with Gasteiger partial charge in [0, 0.05) is 50.1 Å². The lowest BCUT2D eigenvalue weighted by molar-refractivity contribution is -0.141. The molecule has 0 N–H and O–H groups in total. The number of likely N-dealkylation sites (tertiary alicyclic amines) is 1. The molecule has 0 bridgehead atoms. The highest BCUT2D eigenvalue weighted by Gasteiger charge is 2.35. The van der Waals surface area contributed by atoms with E-state index in [2.05, 4.69) is 14.9 Å². The molecule has 5 rings (SSSR count). The van der Waals surface area contributed by atoms with Crippen molar-refractivity contribution in [2.45, 2.75) is 44.8 Å². The first-order chi connectivity index (χ1) is 16.7. The normalized spacial score (nSPS) is 20.3. The Kier molecular flexibility index (Phi) is 5.94. The van der Waals surface area contributed by atoms with Crippen LogP contribution in [-0.4, -0.2) is 62.8 Å². The topological polar surface area (TPSA) is 79.0 Å². The lowest BCUT2D eigenvalue weighted by atomic mass is 9.99. The standard InChI is InChI=1S/C24H26F3N7O/c1-15-13-34-21(30-22(15)32-11-9-16(14-32)28-2)12-18(31-34)19-7-3-4-10-33(19)23(35)17-6-5-8-20(29-17)24(25,26)27/h5-6,8,12-13,19H,3-4,7,9-11,14H2,1-2H3/t19-/m0/s1. The molecule has 1 amide bonds. The van der Waals surface area contributed by atoms with Gasteiger partial charge in [0.05, 0.1) is 18.3 Å². The van der Waals surface area contributed by atoms with Crippen molar-refractivity contribution in [2.24, 2.45) is 4.99 Å². The molecule has 35 heavy (non-hydrogen) atoms. The van der Waals surface area contributed by atoms with E-state index in [9.17, 15) is 18.0 Å². The predicted octanol–water partition coefficient (Wildman–Crippen LogP) is 4.10. The molecule has 0 radical (unpaired) electrons. The molecule has 2 aliphatic heterocycles. The van der Waals surface area contributed by atoms with Crippen molar-refractivity contribution in [1.82, 2.24) is 24.5 Å². The highest BCUT2D eigenvalue weighted by atomic mass is 19.4. The van der Waals surface area contributed by atoms with Gasteiger partial charge in [-0.05, 0) is 38.3 Å². The van der Waals surface area contributed by atoms with Crippen molar-refractivity contribution in [3.63, 3.8) is 0 Å². The number of rotatable bonds is 3. The zero-order valence-corrected chi connectivity index (χ0v) is 19.6. The molecule has 0 aliphatic carbocycles. The quantitative estimate of drug-likeness (QED) is 0.558. The van der Waals surface area contributed by atoms with Gasteiger partial charge < -0.3 is 9.80 Å². The predicted molar refractivity (Wildman–Crippen MR) is 125 cm³/mol. The summed E-state index contributed by atoms with van der Waals surface area (Å²) in [5.74, 6) is 0.360. The molecule has 0 saturated carbocycles. The van der Waals surface area contributed by atoms with E-state index < -0.39 is 17.8 Å². The molecule has 2 fully saturated rings. The molecule has 2 aliphatic rings. The third kappa shape index (κ3) is 4.46. The van der Waals surface area contributed by atoms with E-state index in [1.54, 1.807) is 16.5 Å². The third-order valence-corrected chi connectivity index (χ3v) is 6.65. The minimum atomic E-state index is -4.61. The SMILES string of the molecule is CN=C1CCN(c2nc3cc([C@@H]4CCCCN4C(=O)c4cccc(C(F)(F)F)n4)nn3cc2C)C1. The number of aromatic nitrogens is 4. The van der Waals surface area contributed by atoms with Gasteiger partial charge in [0.2, 0.25) is 0 Å². The Morgan fingerprint density at radius 1 is 1.17 bits per heavy atom. The minimum Gasteiger partial charge on any atom is -0.350 e. The van der Waals surface area contributed by atoms with Crippen molar-refractivity contribution in [2.75, 3.05) is 31.6 Å². The van der Waals surface area contributed by atoms with Crippen molar-refractivity contribution < 1.29 is 18.0 Å². The van der Waals surface area contributed by atoms with Crippen molar-refractivity contribution in [1.29, 1.82) is 0 Å². The first kappa shape index (κ1) is 23.3. The van der Waals surface area contributed by atoms with Crippen LogP contribution < -0.4 is 4.90 Å². The number of hydrogen-bond donors (Lipinski definition) is 0. The number of hydrogen-bond acceptors (Lipinski definition) is 6. The fraction of sp³-hybridized carbons (Fsp3) is 0.458. The van der Waals surface area contributed by atoms with E-state index >= 15 is 0 Å². The highest BCUT2D eigenvalue weighted by Crippen LogP contribution is 2.33. The Labute approximate surface area is 200 Å². The van der Waals surface area contributed by atoms with Gasteiger partial charge >= 0.3 is 6.18 Å². The summed E-state index contributed by atoms with van der Waals surface area (Å²) in [4.78, 5) is 29.8. The summed E-state index contributed by atoms with van der Waals surface area (Å²) in [6, 6.07) is 4.92. The van der Waals surface area contributed by atoms with Crippen LogP contribution in [0.15, 0.2) is 35.5 Å². The van der Waals surface area contributed by atoms with E-state index in [4.69, 9.17) is 10.1 Å². The van der Waals surface area contributed by atoms with Crippen LogP contribution in [0, 0.1) is 6.92 Å². The molecule has 0 unspecified atom stereocenters. The van der Waals surface area contributed by atoms with Crippen LogP contribution in [0.2, 0.25) is 0 Å². The highest BCUT2D eigenvalue weighted by molar-refractivity contribution is 5.93. The number of halogens is 3. The molecular weight excluding hydrogens is 459 g/mol. The molecule has 184 valence electrons. The summed E-state index contributed by atoms with van der Waals surface area (Å²) >= 11 is 0. The summed E-state index contributed by atoms with van der Waals surface area (Å²) in [5, 5.41) is 4.70. The summed E-state index contributed by atoms with van der Waals surface area (Å²) in [6.45, 7) is 4.02. The molecule has 3 aromatic heterocycles. The van der Waals surface area contributed by atoms with Crippen LogP contribution in [-0.2, 0) is 6.18 Å². The summed E-state index contributed by atoms with van der Waals surface area (Å²) in [7, 11) is 1.80. The van der Waals surface area contributed by atoms with E-state index in [1.165, 1.54) is 12.1 Å². The van der Waals surface area contributed by atoms with Gasteiger partial charge in [0.1, 0.15) is 17.2 Å². The maximum absolute atomic E-state index is 13.2. The molecule has 5 heterocycles. The number of carbonyl (C=O) groups is 1. The number of alkyl halides is 3. The summed E-state index contributed by atoms with van der Waals surface area (Å²) in [6.07, 6.45) is 0.555. The molecule has 11 heteroatoms. The number of amides is 1. The Morgan fingerprint density at radius 3 is 2.74 bits per heavy atom. The number of pyridine rings is 1. The molecular formula is C24H26F3N7O. The van der Waals surface area contributed by atoms with E-state index in [-0.39, 0.29) is 11.7 Å². The molecule has 1 atom stereocenters. The lowest BCUT2D eigenvalue weighted by Gasteiger charge is -2.34. The van der Waals surface area contributed by atoms with Gasteiger partial charge in [-0.1, -0.05) is 6.07 Å². The number of aliphatic imine (C=N–C) groups is 1. The average molecular weight is 486 g/mol. The van der Waals surface area contributed by atoms with Gasteiger partial charge in [0.25, 0.3) is 5.91 Å². The zero-order valence-electron chi connectivity index (χ0n) is 19.6. The minimum absolute atomic E-state index is 0.214. The first-order valence-corrected chi connectivity index (χ1v) is 11.7. The van der Waals surface area contributed by atoms with Crippen LogP contribution >= 0.6 is 0 Å². The summed E-state index contributed by atoms with van der Waals surface area (Å²) < 4.78 is 41.1. The molecule has 0 spiro atoms. The average Bonchev–Trinajstić information content (AvgIpc) is 3.49. The third-order valence-electron chi connectivity index (χ3n) is 6.65. The van der Waals surface area contributed by atoms with Crippen molar-refractivity contribution in [3.05, 3.63) is 53.1 Å². The van der Waals surface area contributed by atoms with Gasteiger partial charge in [-0.2, -0.15) is 18.3 Å². The lowest BCUT2D eigenvalue weighted by Crippen LogP contribution is -2.39. The van der Waals surface area contributed by atoms with Gasteiger partial charge in [-0.3, -0.25) is 9.79 Å². The van der Waals surface area contributed by atoms with E-state index in [0.29, 0.717) is 24.3 Å². The second kappa shape index (κ2) is 8.94. The maximum Gasteiger partial charge on any atom is 0.433 e. The Bertz CT molecular complexity index is 1300. The summed E-state index contributed by atoms with van der Waals surface area (Å²) in [5.41, 5.74) is 2.17. The van der Waals surface area contributed by atoms with Gasteiger partial charge in [-0.15, -0.1) is 0 Å². The number of aryl methyl sites for hydroxylation is 1. The number of fused-ring (bicyclic) bond motifs is 1. The second-order valence-corrected chi connectivity index (χ2v) is 9.00. The first-order valence-electron chi connectivity index (χ1n) is 11.7. The zero-order chi connectivity index (χ0) is 24.7. The van der Waals surface area contributed by atoms with Crippen LogP contribution in [0.5, 0.6) is 0 Å². The number of anilines is 1. The van der Waals surface area contributed by atoms with Gasteiger partial charge in [-0.25, -0.2) is 14.5 Å². The van der Waals surface area contributed by atoms with Crippen LogP contribution in [0.1, 0.15) is 59.2 Å². The van der Waals surface area contributed by atoms with Gasteiger partial charge in [0.15, 0.2) is 5.65 Å². The molecule has 0 aromatic carbocycles. The molecule has 3 aromatic rings. The number of piperidine rings is 1. The van der Waals surface area contributed by atoms with Crippen LogP contribution in [0.4, 0.5) is 19.0 Å². The Morgan fingerprint density at radius 2 is 2.00 bits per heavy atom. The van der Waals surface area contributed by atoms with Crippen LogP contribution in [0.3, 0.4) is 0 Å². The Hall–Kier alpha value is -3.50.